The predicted octanol–water partition coefficient (Wildman–Crippen LogP) is 4.66. The molecule has 0 radical (unpaired) electrons. The van der Waals surface area contributed by atoms with Crippen molar-refractivity contribution in [2.45, 2.75) is 59.5 Å². The van der Waals surface area contributed by atoms with E-state index in [0.29, 0.717) is 34.5 Å². The zero-order valence-corrected chi connectivity index (χ0v) is 21.4. The lowest BCUT2D eigenvalue weighted by Crippen LogP contribution is -2.18. The normalized spacial score (nSPS) is 12.5. The number of cyclic esters (lactones) is 1. The standard InChI is InChI=1S/C28H31NO8/c1-16-5-9-19(10-6-16)29-22(30)12-14-24(33)37-27-20(11-7-17(2)8-13-23(31)32)26(35-4)18(3)21-15-36-28(34)25(21)27/h5-7,9-10H,8,11-15H2,1-4H3,(H,29,30)(H,31,32)/b17-7+. The molecule has 0 aliphatic carbocycles. The number of hydrogen-bond donors (Lipinski definition) is 2. The van der Waals surface area contributed by atoms with Crippen LogP contribution in [0.1, 0.15) is 65.2 Å². The van der Waals surface area contributed by atoms with Crippen molar-refractivity contribution in [1.82, 2.24) is 0 Å². The first-order valence-electron chi connectivity index (χ1n) is 11.9. The van der Waals surface area contributed by atoms with E-state index in [1.165, 1.54) is 7.11 Å². The van der Waals surface area contributed by atoms with E-state index in [1.54, 1.807) is 19.1 Å². The highest BCUT2D eigenvalue weighted by Gasteiger charge is 2.34. The fraction of sp³-hybridized carbons (Fsp3) is 0.357. The van der Waals surface area contributed by atoms with Gasteiger partial charge in [0.05, 0.1) is 13.5 Å². The van der Waals surface area contributed by atoms with Crippen LogP contribution >= 0.6 is 0 Å². The first-order valence-corrected chi connectivity index (χ1v) is 11.9. The first-order chi connectivity index (χ1) is 17.6. The number of nitrogens with one attached hydrogen (secondary N) is 1. The van der Waals surface area contributed by atoms with Crippen molar-refractivity contribution in [3.05, 3.63) is 63.7 Å². The molecule has 0 atom stereocenters. The molecule has 1 aliphatic heterocycles. The molecule has 196 valence electrons. The molecule has 0 saturated heterocycles. The topological polar surface area (TPSA) is 128 Å². The molecule has 0 unspecified atom stereocenters. The van der Waals surface area contributed by atoms with Crippen molar-refractivity contribution < 1.29 is 38.5 Å². The summed E-state index contributed by atoms with van der Waals surface area (Å²) in [4.78, 5) is 48.6. The van der Waals surface area contributed by atoms with Gasteiger partial charge in [0.15, 0.2) is 5.75 Å². The van der Waals surface area contributed by atoms with Crippen LogP contribution in [0.3, 0.4) is 0 Å². The monoisotopic (exact) mass is 509 g/mol. The van der Waals surface area contributed by atoms with Crippen LogP contribution in [0.5, 0.6) is 11.5 Å². The molecular weight excluding hydrogens is 478 g/mol. The number of benzene rings is 2. The van der Waals surface area contributed by atoms with Crippen molar-refractivity contribution in [2.75, 3.05) is 12.4 Å². The minimum atomic E-state index is -0.900. The van der Waals surface area contributed by atoms with E-state index in [4.69, 9.17) is 19.3 Å². The van der Waals surface area contributed by atoms with E-state index < -0.39 is 17.9 Å². The molecule has 0 spiro atoms. The Balaban J connectivity index is 1.82. The summed E-state index contributed by atoms with van der Waals surface area (Å²) in [6, 6.07) is 7.29. The molecule has 9 nitrogen and oxygen atoms in total. The second kappa shape index (κ2) is 12.2. The van der Waals surface area contributed by atoms with Gasteiger partial charge in [0, 0.05) is 29.7 Å². The van der Waals surface area contributed by atoms with Gasteiger partial charge in [-0.05, 0) is 51.3 Å². The number of carboxylic acid groups (broad SMARTS) is 1. The Morgan fingerprint density at radius 2 is 1.76 bits per heavy atom. The van der Waals surface area contributed by atoms with Crippen molar-refractivity contribution in [1.29, 1.82) is 0 Å². The highest BCUT2D eigenvalue weighted by atomic mass is 16.6. The summed E-state index contributed by atoms with van der Waals surface area (Å²) in [5.74, 6) is -2.02. The maximum atomic E-state index is 12.8. The number of anilines is 1. The maximum absolute atomic E-state index is 12.8. The average molecular weight is 510 g/mol. The number of methoxy groups -OCH3 is 1. The summed E-state index contributed by atoms with van der Waals surface area (Å²) in [5, 5.41) is 11.7. The molecule has 0 saturated carbocycles. The van der Waals surface area contributed by atoms with Crippen molar-refractivity contribution in [2.24, 2.45) is 0 Å². The van der Waals surface area contributed by atoms with E-state index in [1.807, 2.05) is 32.1 Å². The fourth-order valence-electron chi connectivity index (χ4n) is 4.05. The minimum Gasteiger partial charge on any atom is -0.496 e. The lowest BCUT2D eigenvalue weighted by molar-refractivity contribution is -0.137. The number of aryl methyl sites for hydroxylation is 1. The van der Waals surface area contributed by atoms with Crippen LogP contribution < -0.4 is 14.8 Å². The smallest absolute Gasteiger partial charge is 0.342 e. The lowest BCUT2D eigenvalue weighted by Gasteiger charge is -2.19. The number of hydrogen-bond acceptors (Lipinski definition) is 7. The number of ether oxygens (including phenoxy) is 3. The number of esters is 2. The Morgan fingerprint density at radius 3 is 2.41 bits per heavy atom. The maximum Gasteiger partial charge on any atom is 0.342 e. The van der Waals surface area contributed by atoms with Crippen molar-refractivity contribution in [3.63, 3.8) is 0 Å². The Morgan fingerprint density at radius 1 is 1.05 bits per heavy atom. The van der Waals surface area contributed by atoms with Gasteiger partial charge in [-0.3, -0.25) is 14.4 Å². The number of carboxylic acids is 1. The van der Waals surface area contributed by atoms with Crippen LogP contribution in [0.25, 0.3) is 0 Å². The summed E-state index contributed by atoms with van der Waals surface area (Å²) in [5.41, 5.74) is 4.44. The van der Waals surface area contributed by atoms with E-state index in [2.05, 4.69) is 5.32 Å². The SMILES string of the molecule is COc1c(C)c2c(c(OC(=O)CCC(=O)Nc3ccc(C)cc3)c1C/C=C(\C)CCC(=O)O)C(=O)OC2. The van der Waals surface area contributed by atoms with E-state index in [-0.39, 0.29) is 49.5 Å². The Bertz CT molecular complexity index is 1240. The molecule has 3 rings (SSSR count). The molecule has 0 aromatic heterocycles. The number of carbonyl (C=O) groups excluding carboxylic acids is 3. The predicted molar refractivity (Wildman–Crippen MR) is 136 cm³/mol. The molecule has 1 aliphatic rings. The van der Waals surface area contributed by atoms with Gasteiger partial charge >= 0.3 is 17.9 Å². The molecule has 37 heavy (non-hydrogen) atoms. The lowest BCUT2D eigenvalue weighted by atomic mass is 9.94. The quantitative estimate of drug-likeness (QED) is 0.254. The number of rotatable bonds is 11. The third-order valence-corrected chi connectivity index (χ3v) is 6.12. The second-order valence-electron chi connectivity index (χ2n) is 8.93. The molecule has 0 fully saturated rings. The Hall–Kier alpha value is -4.14. The number of allylic oxidation sites excluding steroid dienone is 2. The fourth-order valence-corrected chi connectivity index (χ4v) is 4.05. The van der Waals surface area contributed by atoms with Gasteiger partial charge in [-0.1, -0.05) is 29.3 Å². The molecule has 2 N–H and O–H groups in total. The van der Waals surface area contributed by atoms with Gasteiger partial charge in [-0.15, -0.1) is 0 Å². The van der Waals surface area contributed by atoms with Crippen LogP contribution in [0.4, 0.5) is 5.69 Å². The van der Waals surface area contributed by atoms with Gasteiger partial charge in [0.1, 0.15) is 17.9 Å². The van der Waals surface area contributed by atoms with Crippen molar-refractivity contribution >= 4 is 29.5 Å². The molecule has 1 heterocycles. The molecular formula is C28H31NO8. The summed E-state index contributed by atoms with van der Waals surface area (Å²) in [6.07, 6.45) is 2.10. The van der Waals surface area contributed by atoms with E-state index in [0.717, 1.165) is 11.1 Å². The number of carbonyl (C=O) groups is 4. The number of fused-ring (bicyclic) bond motifs is 1. The van der Waals surface area contributed by atoms with Crippen LogP contribution in [-0.4, -0.2) is 36.0 Å². The number of amides is 1. The Kier molecular flexibility index (Phi) is 9.05. The zero-order chi connectivity index (χ0) is 27.1. The van der Waals surface area contributed by atoms with Crippen molar-refractivity contribution in [3.8, 4) is 11.5 Å². The molecule has 9 heteroatoms. The largest absolute Gasteiger partial charge is 0.496 e. The van der Waals surface area contributed by atoms with Gasteiger partial charge in [0.2, 0.25) is 5.91 Å². The summed E-state index contributed by atoms with van der Waals surface area (Å²) in [6.45, 7) is 5.58. The summed E-state index contributed by atoms with van der Waals surface area (Å²) in [7, 11) is 1.48. The van der Waals surface area contributed by atoms with Gasteiger partial charge in [-0.25, -0.2) is 4.79 Å². The third kappa shape index (κ3) is 6.97. The Labute approximate surface area is 215 Å². The van der Waals surface area contributed by atoms with Gasteiger partial charge < -0.3 is 24.6 Å². The van der Waals surface area contributed by atoms with Crippen LogP contribution in [-0.2, 0) is 32.1 Å². The highest BCUT2D eigenvalue weighted by molar-refractivity contribution is 5.99. The summed E-state index contributed by atoms with van der Waals surface area (Å²) >= 11 is 0. The van der Waals surface area contributed by atoms with Crippen LogP contribution in [0.15, 0.2) is 35.9 Å². The van der Waals surface area contributed by atoms with Gasteiger partial charge in [-0.2, -0.15) is 0 Å². The number of aliphatic carboxylic acids is 1. The third-order valence-electron chi connectivity index (χ3n) is 6.12. The molecule has 1 amide bonds. The zero-order valence-electron chi connectivity index (χ0n) is 21.4. The summed E-state index contributed by atoms with van der Waals surface area (Å²) < 4.78 is 16.5. The molecule has 0 bridgehead atoms. The van der Waals surface area contributed by atoms with E-state index >= 15 is 0 Å². The molecule has 2 aromatic rings. The first kappa shape index (κ1) is 27.4. The molecule has 2 aromatic carbocycles. The van der Waals surface area contributed by atoms with Gasteiger partial charge in [0.25, 0.3) is 0 Å². The second-order valence-corrected chi connectivity index (χ2v) is 8.93. The minimum absolute atomic E-state index is 0.0124. The van der Waals surface area contributed by atoms with Crippen LogP contribution in [0.2, 0.25) is 0 Å². The highest BCUT2D eigenvalue weighted by Crippen LogP contribution is 2.43. The van der Waals surface area contributed by atoms with Crippen LogP contribution in [0, 0.1) is 13.8 Å². The average Bonchev–Trinajstić information content (AvgIpc) is 3.25. The van der Waals surface area contributed by atoms with E-state index in [9.17, 15) is 19.2 Å².